The van der Waals surface area contributed by atoms with Crippen LogP contribution in [0.1, 0.15) is 32.6 Å². The molecule has 0 aromatic heterocycles. The first-order valence-corrected chi connectivity index (χ1v) is 5.70. The maximum Gasteiger partial charge on any atom is 0.0664 e. The predicted octanol–water partition coefficient (Wildman–Crippen LogP) is 1.49. The van der Waals surface area contributed by atoms with Crippen LogP contribution >= 0.6 is 0 Å². The molecule has 2 rings (SSSR count). The molecular weight excluding hydrogens is 162 g/mol. The van der Waals surface area contributed by atoms with E-state index >= 15 is 0 Å². The molecule has 0 spiro atoms. The van der Waals surface area contributed by atoms with Crippen LogP contribution in [-0.2, 0) is 0 Å². The molecule has 2 heteroatoms. The van der Waals surface area contributed by atoms with Gasteiger partial charge in [0.25, 0.3) is 0 Å². The van der Waals surface area contributed by atoms with Gasteiger partial charge in [-0.05, 0) is 31.1 Å². The van der Waals surface area contributed by atoms with Crippen LogP contribution in [0.2, 0.25) is 0 Å². The van der Waals surface area contributed by atoms with Crippen molar-refractivity contribution in [2.45, 2.75) is 38.7 Å². The monoisotopic (exact) mass is 183 g/mol. The van der Waals surface area contributed by atoms with Gasteiger partial charge < -0.3 is 10.0 Å². The Hall–Kier alpha value is -0.0800. The molecule has 2 aliphatic rings. The smallest absolute Gasteiger partial charge is 0.0664 e. The van der Waals surface area contributed by atoms with Crippen LogP contribution in [0.5, 0.6) is 0 Å². The van der Waals surface area contributed by atoms with E-state index in [1.54, 1.807) is 0 Å². The minimum absolute atomic E-state index is 0.0983. The third-order valence-corrected chi connectivity index (χ3v) is 3.74. The maximum absolute atomic E-state index is 9.54. The fraction of sp³-hybridized carbons (Fsp3) is 1.00. The lowest BCUT2D eigenvalue weighted by atomic mass is 10.0. The van der Waals surface area contributed by atoms with Crippen molar-refractivity contribution in [3.05, 3.63) is 0 Å². The van der Waals surface area contributed by atoms with Gasteiger partial charge in [0.05, 0.1) is 6.10 Å². The number of aliphatic hydroxyl groups is 1. The number of rotatable bonds is 3. The van der Waals surface area contributed by atoms with E-state index in [0.717, 1.165) is 24.8 Å². The van der Waals surface area contributed by atoms with Crippen LogP contribution in [0.3, 0.4) is 0 Å². The minimum atomic E-state index is -0.0983. The molecule has 0 radical (unpaired) electrons. The number of fused-ring (bicyclic) bond motifs is 1. The van der Waals surface area contributed by atoms with Crippen molar-refractivity contribution in [2.24, 2.45) is 11.8 Å². The molecule has 0 aromatic rings. The average molecular weight is 183 g/mol. The zero-order valence-corrected chi connectivity index (χ0v) is 8.58. The zero-order chi connectivity index (χ0) is 9.26. The summed E-state index contributed by atoms with van der Waals surface area (Å²) in [6, 6.07) is 0. The van der Waals surface area contributed by atoms with Crippen molar-refractivity contribution in [3.8, 4) is 0 Å². The van der Waals surface area contributed by atoms with E-state index in [1.807, 2.05) is 0 Å². The van der Waals surface area contributed by atoms with Gasteiger partial charge in [-0.15, -0.1) is 0 Å². The third kappa shape index (κ3) is 2.05. The van der Waals surface area contributed by atoms with Crippen LogP contribution in [0.15, 0.2) is 0 Å². The second-order valence-corrected chi connectivity index (χ2v) is 4.73. The highest BCUT2D eigenvalue weighted by atomic mass is 16.3. The molecule has 0 amide bonds. The number of likely N-dealkylation sites (tertiary alicyclic amines) is 1. The molecule has 1 saturated carbocycles. The van der Waals surface area contributed by atoms with E-state index in [2.05, 4.69) is 11.8 Å². The van der Waals surface area contributed by atoms with Crippen LogP contribution in [0.25, 0.3) is 0 Å². The number of hydrogen-bond acceptors (Lipinski definition) is 2. The molecule has 1 aliphatic heterocycles. The summed E-state index contributed by atoms with van der Waals surface area (Å²) in [5.74, 6) is 1.92. The molecule has 2 fully saturated rings. The molecule has 1 saturated heterocycles. The summed E-state index contributed by atoms with van der Waals surface area (Å²) in [7, 11) is 0. The summed E-state index contributed by atoms with van der Waals surface area (Å²) in [6.07, 6.45) is 5.11. The molecule has 13 heavy (non-hydrogen) atoms. The fourth-order valence-corrected chi connectivity index (χ4v) is 2.91. The first-order chi connectivity index (χ1) is 6.29. The number of nitrogens with zero attached hydrogens (tertiary/aromatic N) is 1. The predicted molar refractivity (Wildman–Crippen MR) is 53.6 cm³/mol. The van der Waals surface area contributed by atoms with Crippen molar-refractivity contribution in [3.63, 3.8) is 0 Å². The lowest BCUT2D eigenvalue weighted by molar-refractivity contribution is 0.117. The minimum Gasteiger partial charge on any atom is -0.392 e. The largest absolute Gasteiger partial charge is 0.392 e. The Labute approximate surface area is 80.9 Å². The first kappa shape index (κ1) is 9.47. The zero-order valence-electron chi connectivity index (χ0n) is 8.58. The molecular formula is C11H21NO. The van der Waals surface area contributed by atoms with E-state index in [1.165, 1.54) is 32.4 Å². The van der Waals surface area contributed by atoms with Crippen molar-refractivity contribution in [2.75, 3.05) is 19.6 Å². The molecule has 0 aromatic carbocycles. The molecule has 76 valence electrons. The van der Waals surface area contributed by atoms with Crippen LogP contribution in [-0.4, -0.2) is 35.7 Å². The summed E-state index contributed by atoms with van der Waals surface area (Å²) in [5.41, 5.74) is 0. The van der Waals surface area contributed by atoms with E-state index in [0.29, 0.717) is 0 Å². The second-order valence-electron chi connectivity index (χ2n) is 4.73. The summed E-state index contributed by atoms with van der Waals surface area (Å²) >= 11 is 0. The fourth-order valence-electron chi connectivity index (χ4n) is 2.91. The summed E-state index contributed by atoms with van der Waals surface area (Å²) in [5, 5.41) is 9.54. The molecule has 2 nitrogen and oxygen atoms in total. The Morgan fingerprint density at radius 1 is 1.31 bits per heavy atom. The molecule has 0 bridgehead atoms. The Morgan fingerprint density at radius 3 is 2.46 bits per heavy atom. The lowest BCUT2D eigenvalue weighted by Crippen LogP contribution is -2.30. The van der Waals surface area contributed by atoms with Gasteiger partial charge in [0.1, 0.15) is 0 Å². The lowest BCUT2D eigenvalue weighted by Gasteiger charge is -2.19. The summed E-state index contributed by atoms with van der Waals surface area (Å²) in [4.78, 5) is 2.46. The maximum atomic E-state index is 9.54. The first-order valence-electron chi connectivity index (χ1n) is 5.70. The highest BCUT2D eigenvalue weighted by Crippen LogP contribution is 2.37. The van der Waals surface area contributed by atoms with Crippen LogP contribution < -0.4 is 0 Å². The van der Waals surface area contributed by atoms with Gasteiger partial charge in [0.2, 0.25) is 0 Å². The highest BCUT2D eigenvalue weighted by Gasteiger charge is 2.36. The molecule has 1 N–H and O–H groups in total. The van der Waals surface area contributed by atoms with E-state index in [4.69, 9.17) is 0 Å². The van der Waals surface area contributed by atoms with Crippen molar-refractivity contribution in [1.82, 2.24) is 4.90 Å². The van der Waals surface area contributed by atoms with E-state index < -0.39 is 0 Å². The summed E-state index contributed by atoms with van der Waals surface area (Å²) in [6.45, 7) is 5.47. The normalized spacial score (nSPS) is 36.5. The summed E-state index contributed by atoms with van der Waals surface area (Å²) < 4.78 is 0. The Balaban J connectivity index is 1.78. The van der Waals surface area contributed by atoms with Crippen molar-refractivity contribution < 1.29 is 5.11 Å². The number of aliphatic hydroxyl groups excluding tert-OH is 1. The Kier molecular flexibility index (Phi) is 2.89. The van der Waals surface area contributed by atoms with E-state index in [9.17, 15) is 5.11 Å². The second kappa shape index (κ2) is 3.97. The standard InChI is InChI=1S/C11H21NO/c1-2-11(13)8-12-6-9-4-3-5-10(9)7-12/h9-11,13H,2-8H2,1H3/t9?,10?,11-/m1/s1. The average Bonchev–Trinajstić information content (AvgIpc) is 2.63. The number of hydrogen-bond donors (Lipinski definition) is 1. The SMILES string of the molecule is CC[C@@H](O)CN1CC2CCCC2C1. The van der Waals surface area contributed by atoms with Gasteiger partial charge in [0.15, 0.2) is 0 Å². The molecule has 1 heterocycles. The Morgan fingerprint density at radius 2 is 1.92 bits per heavy atom. The van der Waals surface area contributed by atoms with Crippen LogP contribution in [0.4, 0.5) is 0 Å². The van der Waals surface area contributed by atoms with E-state index in [-0.39, 0.29) is 6.10 Å². The van der Waals surface area contributed by atoms with Gasteiger partial charge >= 0.3 is 0 Å². The highest BCUT2D eigenvalue weighted by molar-refractivity contribution is 4.88. The van der Waals surface area contributed by atoms with Gasteiger partial charge in [0, 0.05) is 19.6 Å². The number of β-amino-alcohol motifs (C(OH)–C–C–N with tert-alkyl or cyclic N) is 1. The topological polar surface area (TPSA) is 23.5 Å². The molecule has 2 unspecified atom stereocenters. The van der Waals surface area contributed by atoms with Crippen molar-refractivity contribution >= 4 is 0 Å². The van der Waals surface area contributed by atoms with Gasteiger partial charge in [-0.1, -0.05) is 13.3 Å². The van der Waals surface area contributed by atoms with Gasteiger partial charge in [-0.25, -0.2) is 0 Å². The van der Waals surface area contributed by atoms with Gasteiger partial charge in [-0.2, -0.15) is 0 Å². The van der Waals surface area contributed by atoms with Gasteiger partial charge in [-0.3, -0.25) is 0 Å². The molecule has 1 aliphatic carbocycles. The van der Waals surface area contributed by atoms with Crippen LogP contribution in [0, 0.1) is 11.8 Å². The Bertz CT molecular complexity index is 157. The van der Waals surface area contributed by atoms with Crippen molar-refractivity contribution in [1.29, 1.82) is 0 Å². The third-order valence-electron chi connectivity index (χ3n) is 3.74. The molecule has 3 atom stereocenters. The quantitative estimate of drug-likeness (QED) is 0.716.